The molecule has 6 nitrogen and oxygen atoms in total. The molecular formula is C20H25N3O3. The average molecular weight is 355 g/mol. The van der Waals surface area contributed by atoms with Crippen molar-refractivity contribution in [3.8, 4) is 5.69 Å². The Hall–Kier alpha value is -2.63. The number of nitrogens with zero attached hydrogens (tertiary/aromatic N) is 2. The second-order valence-corrected chi connectivity index (χ2v) is 7.22. The van der Waals surface area contributed by atoms with Gasteiger partial charge in [-0.15, -0.1) is 0 Å². The van der Waals surface area contributed by atoms with Crippen molar-refractivity contribution < 1.29 is 14.7 Å². The van der Waals surface area contributed by atoms with Crippen molar-refractivity contribution in [2.45, 2.75) is 46.0 Å². The van der Waals surface area contributed by atoms with Crippen molar-refractivity contribution >= 4 is 11.9 Å². The minimum atomic E-state index is -0.839. The summed E-state index contributed by atoms with van der Waals surface area (Å²) in [7, 11) is 0. The van der Waals surface area contributed by atoms with E-state index in [1.807, 2.05) is 38.1 Å². The molecular weight excluding hydrogens is 330 g/mol. The molecule has 1 aromatic heterocycles. The number of aliphatic carboxylic acids is 1. The minimum absolute atomic E-state index is 0.163. The summed E-state index contributed by atoms with van der Waals surface area (Å²) >= 11 is 0. The van der Waals surface area contributed by atoms with Crippen LogP contribution in [0.4, 0.5) is 0 Å². The number of hydrogen-bond donors (Lipinski definition) is 2. The maximum absolute atomic E-state index is 12.6. The molecule has 1 aliphatic carbocycles. The summed E-state index contributed by atoms with van der Waals surface area (Å²) in [5.74, 6) is -1.09. The van der Waals surface area contributed by atoms with E-state index in [4.69, 9.17) is 0 Å². The Kier molecular flexibility index (Phi) is 5.11. The van der Waals surface area contributed by atoms with Crippen LogP contribution in [0.15, 0.2) is 30.5 Å². The van der Waals surface area contributed by atoms with Crippen LogP contribution < -0.4 is 5.32 Å². The predicted molar refractivity (Wildman–Crippen MR) is 98.5 cm³/mol. The number of aryl methyl sites for hydroxylation is 1. The highest BCUT2D eigenvalue weighted by Gasteiger charge is 2.40. The number of rotatable bonds is 5. The summed E-state index contributed by atoms with van der Waals surface area (Å²) in [5.41, 5.74) is 2.39. The van der Waals surface area contributed by atoms with E-state index in [0.717, 1.165) is 36.2 Å². The van der Waals surface area contributed by atoms with Crippen LogP contribution in [0, 0.1) is 19.3 Å². The van der Waals surface area contributed by atoms with Crippen LogP contribution in [0.5, 0.6) is 0 Å². The number of carbonyl (C=O) groups is 2. The highest BCUT2D eigenvalue weighted by Crippen LogP contribution is 2.36. The molecule has 3 rings (SSSR count). The third kappa shape index (κ3) is 3.49. The largest absolute Gasteiger partial charge is 0.481 e. The highest BCUT2D eigenvalue weighted by atomic mass is 16.4. The SMILES string of the molecule is Cc1cccc(-n2ncc(C(=O)NCC3(C(=O)O)CCCCC3)c2C)c1. The monoisotopic (exact) mass is 355 g/mol. The smallest absolute Gasteiger partial charge is 0.311 e. The molecule has 2 aromatic rings. The van der Waals surface area contributed by atoms with Gasteiger partial charge in [0.1, 0.15) is 0 Å². The molecule has 138 valence electrons. The molecule has 0 bridgehead atoms. The summed E-state index contributed by atoms with van der Waals surface area (Å²) in [6.45, 7) is 4.01. The maximum Gasteiger partial charge on any atom is 0.311 e. The van der Waals surface area contributed by atoms with Crippen molar-refractivity contribution in [1.82, 2.24) is 15.1 Å². The van der Waals surface area contributed by atoms with Crippen LogP contribution in [0.1, 0.15) is 53.7 Å². The Morgan fingerprint density at radius 2 is 1.96 bits per heavy atom. The molecule has 0 unspecified atom stereocenters. The lowest BCUT2D eigenvalue weighted by molar-refractivity contribution is -0.150. The fourth-order valence-electron chi connectivity index (χ4n) is 3.69. The van der Waals surface area contributed by atoms with Crippen LogP contribution in [-0.2, 0) is 4.79 Å². The zero-order valence-corrected chi connectivity index (χ0v) is 15.3. The van der Waals surface area contributed by atoms with Crippen LogP contribution >= 0.6 is 0 Å². The van der Waals surface area contributed by atoms with Gasteiger partial charge in [0.15, 0.2) is 0 Å². The minimum Gasteiger partial charge on any atom is -0.481 e. The number of carbonyl (C=O) groups excluding carboxylic acids is 1. The normalized spacial score (nSPS) is 16.2. The van der Waals surface area contributed by atoms with Crippen molar-refractivity contribution in [2.24, 2.45) is 5.41 Å². The Morgan fingerprint density at radius 3 is 2.62 bits per heavy atom. The number of hydrogen-bond acceptors (Lipinski definition) is 3. The van der Waals surface area contributed by atoms with Crippen molar-refractivity contribution in [2.75, 3.05) is 6.54 Å². The van der Waals surface area contributed by atoms with E-state index in [-0.39, 0.29) is 12.5 Å². The number of aromatic nitrogens is 2. The first kappa shape index (κ1) is 18.2. The Balaban J connectivity index is 1.75. The lowest BCUT2D eigenvalue weighted by Crippen LogP contribution is -2.44. The molecule has 0 saturated heterocycles. The molecule has 2 N–H and O–H groups in total. The summed E-state index contributed by atoms with van der Waals surface area (Å²) in [5, 5.41) is 16.8. The lowest BCUT2D eigenvalue weighted by Gasteiger charge is -2.33. The molecule has 1 aromatic carbocycles. The topological polar surface area (TPSA) is 84.2 Å². The van der Waals surface area contributed by atoms with Crippen LogP contribution in [0.3, 0.4) is 0 Å². The second-order valence-electron chi connectivity index (χ2n) is 7.22. The van der Waals surface area contributed by atoms with Gasteiger partial charge in [0.05, 0.1) is 28.6 Å². The first-order valence-electron chi connectivity index (χ1n) is 9.06. The van der Waals surface area contributed by atoms with E-state index in [1.165, 1.54) is 0 Å². The quantitative estimate of drug-likeness (QED) is 0.862. The van der Waals surface area contributed by atoms with Gasteiger partial charge in [0.25, 0.3) is 5.91 Å². The fraction of sp³-hybridized carbons (Fsp3) is 0.450. The second kappa shape index (κ2) is 7.32. The van der Waals surface area contributed by atoms with Gasteiger partial charge in [-0.1, -0.05) is 31.4 Å². The van der Waals surface area contributed by atoms with E-state index in [1.54, 1.807) is 10.9 Å². The van der Waals surface area contributed by atoms with E-state index in [9.17, 15) is 14.7 Å². The first-order chi connectivity index (χ1) is 12.4. The van der Waals surface area contributed by atoms with E-state index >= 15 is 0 Å². The third-order valence-electron chi connectivity index (χ3n) is 5.35. The molecule has 0 atom stereocenters. The zero-order chi connectivity index (χ0) is 18.7. The van der Waals surface area contributed by atoms with Gasteiger partial charge in [-0.25, -0.2) is 4.68 Å². The van der Waals surface area contributed by atoms with Crippen LogP contribution in [0.25, 0.3) is 5.69 Å². The number of nitrogens with one attached hydrogen (secondary N) is 1. The molecule has 1 aliphatic rings. The zero-order valence-electron chi connectivity index (χ0n) is 15.3. The fourth-order valence-corrected chi connectivity index (χ4v) is 3.69. The molecule has 0 aliphatic heterocycles. The van der Waals surface area contributed by atoms with Crippen molar-refractivity contribution in [3.63, 3.8) is 0 Å². The average Bonchev–Trinajstić information content (AvgIpc) is 3.02. The number of amides is 1. The first-order valence-corrected chi connectivity index (χ1v) is 9.06. The molecule has 1 fully saturated rings. The van der Waals surface area contributed by atoms with Crippen molar-refractivity contribution in [1.29, 1.82) is 0 Å². The number of carboxylic acid groups (broad SMARTS) is 1. The van der Waals surface area contributed by atoms with E-state index in [2.05, 4.69) is 10.4 Å². The van der Waals surface area contributed by atoms with Gasteiger partial charge >= 0.3 is 5.97 Å². The molecule has 1 heterocycles. The molecule has 0 radical (unpaired) electrons. The van der Waals surface area contributed by atoms with E-state index in [0.29, 0.717) is 18.4 Å². The molecule has 1 amide bonds. The van der Waals surface area contributed by atoms with E-state index < -0.39 is 11.4 Å². The summed E-state index contributed by atoms with van der Waals surface area (Å²) in [6.07, 6.45) is 5.62. The Bertz CT molecular complexity index is 819. The van der Waals surface area contributed by atoms with Crippen LogP contribution in [0.2, 0.25) is 0 Å². The summed E-state index contributed by atoms with van der Waals surface area (Å²) in [6, 6.07) is 7.90. The Labute approximate surface area is 153 Å². The summed E-state index contributed by atoms with van der Waals surface area (Å²) in [4.78, 5) is 24.4. The Morgan fingerprint density at radius 1 is 1.23 bits per heavy atom. The highest BCUT2D eigenvalue weighted by molar-refractivity contribution is 5.95. The van der Waals surface area contributed by atoms with Crippen molar-refractivity contribution in [3.05, 3.63) is 47.3 Å². The lowest BCUT2D eigenvalue weighted by atomic mass is 9.74. The number of benzene rings is 1. The number of carboxylic acids is 1. The summed E-state index contributed by atoms with van der Waals surface area (Å²) < 4.78 is 1.73. The van der Waals surface area contributed by atoms with Gasteiger partial charge in [-0.3, -0.25) is 9.59 Å². The van der Waals surface area contributed by atoms with Gasteiger partial charge in [-0.2, -0.15) is 5.10 Å². The molecule has 6 heteroatoms. The van der Waals surface area contributed by atoms with Gasteiger partial charge in [-0.05, 0) is 44.4 Å². The standard InChI is InChI=1S/C20H25N3O3/c1-14-7-6-8-16(11-14)23-15(2)17(12-22-23)18(24)21-13-20(19(25)26)9-4-3-5-10-20/h6-8,11-12H,3-5,9-10,13H2,1-2H3,(H,21,24)(H,25,26). The third-order valence-corrected chi connectivity index (χ3v) is 5.35. The maximum atomic E-state index is 12.6. The van der Waals surface area contributed by atoms with Crippen LogP contribution in [-0.4, -0.2) is 33.3 Å². The van der Waals surface area contributed by atoms with Gasteiger partial charge in [0.2, 0.25) is 0 Å². The molecule has 0 spiro atoms. The van der Waals surface area contributed by atoms with Gasteiger partial charge < -0.3 is 10.4 Å². The van der Waals surface area contributed by atoms with Gasteiger partial charge in [0, 0.05) is 6.54 Å². The molecule has 1 saturated carbocycles. The predicted octanol–water partition coefficient (Wildman–Crippen LogP) is 3.25. The molecule has 26 heavy (non-hydrogen) atoms.